The summed E-state index contributed by atoms with van der Waals surface area (Å²) < 4.78 is 10.6. The number of methoxy groups -OCH3 is 1. The van der Waals surface area contributed by atoms with Crippen LogP contribution in [0.1, 0.15) is 12.0 Å². The summed E-state index contributed by atoms with van der Waals surface area (Å²) in [5.74, 6) is 2.58. The molecular formula is C20H33IN4O3. The molecule has 1 unspecified atom stereocenters. The number of aliphatic imine (C=N–C) groups is 1. The van der Waals surface area contributed by atoms with Crippen LogP contribution in [-0.2, 0) is 11.2 Å². The zero-order chi connectivity index (χ0) is 19.1. The maximum atomic E-state index is 10.1. The lowest BCUT2D eigenvalue weighted by atomic mass is 10.1. The molecule has 1 aromatic carbocycles. The van der Waals surface area contributed by atoms with Crippen LogP contribution in [0.15, 0.2) is 23.2 Å². The Bertz CT molecular complexity index is 638. The Morgan fingerprint density at radius 2 is 2.11 bits per heavy atom. The molecule has 0 radical (unpaired) electrons. The summed E-state index contributed by atoms with van der Waals surface area (Å²) in [5.41, 5.74) is 0.908. The zero-order valence-electron chi connectivity index (χ0n) is 16.9. The van der Waals surface area contributed by atoms with Gasteiger partial charge < -0.3 is 24.8 Å². The lowest BCUT2D eigenvalue weighted by molar-refractivity contribution is 0.0315. The van der Waals surface area contributed by atoms with Crippen molar-refractivity contribution < 1.29 is 14.6 Å². The van der Waals surface area contributed by atoms with Gasteiger partial charge in [0.15, 0.2) is 5.96 Å². The van der Waals surface area contributed by atoms with Crippen molar-refractivity contribution in [2.24, 2.45) is 10.9 Å². The van der Waals surface area contributed by atoms with Crippen LogP contribution in [-0.4, -0.2) is 87.5 Å². The fourth-order valence-electron chi connectivity index (χ4n) is 3.85. The third-order valence-corrected chi connectivity index (χ3v) is 5.39. The summed E-state index contributed by atoms with van der Waals surface area (Å²) in [6, 6.07) is 5.44. The quantitative estimate of drug-likeness (QED) is 0.350. The van der Waals surface area contributed by atoms with Crippen molar-refractivity contribution in [2.45, 2.75) is 12.8 Å². The van der Waals surface area contributed by atoms with Crippen LogP contribution in [0.25, 0.3) is 0 Å². The number of hydrogen-bond donors (Lipinski definition) is 2. The Morgan fingerprint density at radius 1 is 1.32 bits per heavy atom. The molecule has 2 heterocycles. The van der Waals surface area contributed by atoms with Gasteiger partial charge in [0.2, 0.25) is 0 Å². The first-order chi connectivity index (χ1) is 13.2. The SMILES string of the molecule is CN=C(NCCc1ccc(OC)cc1O)N1CCC(CN2CCOCC2)C1.I. The molecule has 8 heteroatoms. The number of likely N-dealkylation sites (tertiary alicyclic amines) is 1. The highest BCUT2D eigenvalue weighted by Gasteiger charge is 2.27. The van der Waals surface area contributed by atoms with Crippen LogP contribution < -0.4 is 10.1 Å². The predicted molar refractivity (Wildman–Crippen MR) is 122 cm³/mol. The molecule has 1 atom stereocenters. The average molecular weight is 504 g/mol. The molecule has 28 heavy (non-hydrogen) atoms. The van der Waals surface area contributed by atoms with E-state index in [9.17, 15) is 5.11 Å². The van der Waals surface area contributed by atoms with E-state index in [1.165, 1.54) is 6.42 Å². The molecule has 158 valence electrons. The van der Waals surface area contributed by atoms with Gasteiger partial charge in [-0.2, -0.15) is 0 Å². The van der Waals surface area contributed by atoms with Gasteiger partial charge in [-0.15, -0.1) is 24.0 Å². The third-order valence-electron chi connectivity index (χ3n) is 5.39. The Balaban J connectivity index is 0.00000280. The van der Waals surface area contributed by atoms with Crippen molar-refractivity contribution in [2.75, 3.05) is 66.6 Å². The molecule has 0 spiro atoms. The fraction of sp³-hybridized carbons (Fsp3) is 0.650. The van der Waals surface area contributed by atoms with Gasteiger partial charge in [0.05, 0.1) is 20.3 Å². The molecule has 0 amide bonds. The summed E-state index contributed by atoms with van der Waals surface area (Å²) in [5, 5.41) is 13.5. The maximum absolute atomic E-state index is 10.1. The van der Waals surface area contributed by atoms with Gasteiger partial charge in [0, 0.05) is 52.4 Å². The summed E-state index contributed by atoms with van der Waals surface area (Å²) in [6.07, 6.45) is 1.94. The minimum Gasteiger partial charge on any atom is -0.508 e. The number of guanidine groups is 1. The molecule has 2 saturated heterocycles. The largest absolute Gasteiger partial charge is 0.508 e. The number of halogens is 1. The molecule has 0 saturated carbocycles. The maximum Gasteiger partial charge on any atom is 0.193 e. The van der Waals surface area contributed by atoms with Crippen LogP contribution in [0.3, 0.4) is 0 Å². The Kier molecular flexibility index (Phi) is 9.60. The molecule has 0 aromatic heterocycles. The number of nitrogens with zero attached hydrogens (tertiary/aromatic N) is 3. The van der Waals surface area contributed by atoms with Gasteiger partial charge in [-0.25, -0.2) is 0 Å². The number of hydrogen-bond acceptors (Lipinski definition) is 5. The highest BCUT2D eigenvalue weighted by Crippen LogP contribution is 2.23. The number of benzene rings is 1. The summed E-state index contributed by atoms with van der Waals surface area (Å²) in [4.78, 5) is 9.31. The Labute approximate surface area is 185 Å². The van der Waals surface area contributed by atoms with E-state index in [1.54, 1.807) is 13.2 Å². The first-order valence-corrected chi connectivity index (χ1v) is 9.81. The van der Waals surface area contributed by atoms with E-state index in [1.807, 2.05) is 19.2 Å². The number of phenols is 1. The Morgan fingerprint density at radius 3 is 2.79 bits per heavy atom. The Hall–Kier alpha value is -1.26. The van der Waals surface area contributed by atoms with E-state index in [0.29, 0.717) is 11.7 Å². The van der Waals surface area contributed by atoms with E-state index in [4.69, 9.17) is 9.47 Å². The summed E-state index contributed by atoms with van der Waals surface area (Å²) in [6.45, 7) is 7.79. The number of phenolic OH excluding ortho intramolecular Hbond substituents is 1. The molecule has 7 nitrogen and oxygen atoms in total. The van der Waals surface area contributed by atoms with Crippen LogP contribution in [0.4, 0.5) is 0 Å². The van der Waals surface area contributed by atoms with Gasteiger partial charge in [0.25, 0.3) is 0 Å². The van der Waals surface area contributed by atoms with Gasteiger partial charge in [-0.1, -0.05) is 6.07 Å². The second-order valence-electron chi connectivity index (χ2n) is 7.23. The van der Waals surface area contributed by atoms with Crippen molar-refractivity contribution >= 4 is 29.9 Å². The molecule has 2 aliphatic rings. The van der Waals surface area contributed by atoms with E-state index in [2.05, 4.69) is 20.1 Å². The molecular weight excluding hydrogens is 471 g/mol. The van der Waals surface area contributed by atoms with Crippen LogP contribution in [0.5, 0.6) is 11.5 Å². The van der Waals surface area contributed by atoms with Crippen molar-refractivity contribution in [3.05, 3.63) is 23.8 Å². The van der Waals surface area contributed by atoms with Gasteiger partial charge >= 0.3 is 0 Å². The van der Waals surface area contributed by atoms with E-state index in [0.717, 1.165) is 70.4 Å². The van der Waals surface area contributed by atoms with E-state index < -0.39 is 0 Å². The van der Waals surface area contributed by atoms with Crippen LogP contribution in [0, 0.1) is 5.92 Å². The van der Waals surface area contributed by atoms with Gasteiger partial charge in [-0.3, -0.25) is 9.89 Å². The first-order valence-electron chi connectivity index (χ1n) is 9.81. The van der Waals surface area contributed by atoms with Crippen molar-refractivity contribution in [3.8, 4) is 11.5 Å². The van der Waals surface area contributed by atoms with E-state index >= 15 is 0 Å². The van der Waals surface area contributed by atoms with Crippen molar-refractivity contribution in [1.29, 1.82) is 0 Å². The number of aromatic hydroxyl groups is 1. The molecule has 2 N–H and O–H groups in total. The minimum atomic E-state index is 0. The number of morpholine rings is 1. The lowest BCUT2D eigenvalue weighted by Gasteiger charge is -2.29. The predicted octanol–water partition coefficient (Wildman–Crippen LogP) is 1.79. The lowest BCUT2D eigenvalue weighted by Crippen LogP contribution is -2.42. The molecule has 0 aliphatic carbocycles. The third kappa shape index (κ3) is 6.38. The topological polar surface area (TPSA) is 69.6 Å². The second-order valence-corrected chi connectivity index (χ2v) is 7.23. The fourth-order valence-corrected chi connectivity index (χ4v) is 3.85. The van der Waals surface area contributed by atoms with Gasteiger partial charge in [0.1, 0.15) is 11.5 Å². The number of rotatable bonds is 6. The number of ether oxygens (including phenoxy) is 2. The summed E-state index contributed by atoms with van der Waals surface area (Å²) >= 11 is 0. The highest BCUT2D eigenvalue weighted by atomic mass is 127. The van der Waals surface area contributed by atoms with Crippen LogP contribution in [0.2, 0.25) is 0 Å². The monoisotopic (exact) mass is 504 g/mol. The smallest absolute Gasteiger partial charge is 0.193 e. The molecule has 1 aromatic rings. The first kappa shape index (κ1) is 23.0. The van der Waals surface area contributed by atoms with E-state index in [-0.39, 0.29) is 29.7 Å². The van der Waals surface area contributed by atoms with Crippen molar-refractivity contribution in [1.82, 2.24) is 15.1 Å². The average Bonchev–Trinajstić information content (AvgIpc) is 3.15. The van der Waals surface area contributed by atoms with Crippen LogP contribution >= 0.6 is 24.0 Å². The molecule has 2 aliphatic heterocycles. The normalized spacial score (nSPS) is 20.7. The minimum absolute atomic E-state index is 0. The molecule has 0 bridgehead atoms. The van der Waals surface area contributed by atoms with Gasteiger partial charge in [-0.05, 0) is 30.4 Å². The molecule has 2 fully saturated rings. The zero-order valence-corrected chi connectivity index (χ0v) is 19.2. The summed E-state index contributed by atoms with van der Waals surface area (Å²) in [7, 11) is 3.44. The second kappa shape index (κ2) is 11.7. The highest BCUT2D eigenvalue weighted by molar-refractivity contribution is 14.0. The number of nitrogens with one attached hydrogen (secondary N) is 1. The molecule has 3 rings (SSSR count). The van der Waals surface area contributed by atoms with Crippen molar-refractivity contribution in [3.63, 3.8) is 0 Å². The standard InChI is InChI=1S/C20H32N4O3.HI/c1-21-20(22-7-5-17-3-4-18(26-2)13-19(17)25)24-8-6-16(15-24)14-23-9-11-27-12-10-23;/h3-4,13,16,25H,5-12,14-15H2,1-2H3,(H,21,22);1H.